The SMILES string of the molecule is COCC(=O)N1CCCN(C(=O)C2CC(=O)N(C(C)c3ccccc3)C2)CC1. The highest BCUT2D eigenvalue weighted by molar-refractivity contribution is 5.89. The van der Waals surface area contributed by atoms with Gasteiger partial charge in [-0.15, -0.1) is 0 Å². The summed E-state index contributed by atoms with van der Waals surface area (Å²) >= 11 is 0. The van der Waals surface area contributed by atoms with E-state index in [1.165, 1.54) is 7.11 Å². The molecule has 1 aromatic carbocycles. The Morgan fingerprint density at radius 1 is 1.11 bits per heavy atom. The van der Waals surface area contributed by atoms with E-state index in [0.29, 0.717) is 32.7 Å². The Balaban J connectivity index is 1.59. The summed E-state index contributed by atoms with van der Waals surface area (Å²) in [5.74, 6) is -0.297. The second-order valence-corrected chi connectivity index (χ2v) is 7.53. The summed E-state index contributed by atoms with van der Waals surface area (Å²) in [5.41, 5.74) is 1.08. The minimum Gasteiger partial charge on any atom is -0.375 e. The molecular formula is C21H29N3O4. The first kappa shape index (κ1) is 20.3. The molecule has 3 amide bonds. The standard InChI is InChI=1S/C21H29N3O4/c1-16(17-7-4-3-5-8-17)24-14-18(13-19(24)25)21(27)23-10-6-9-22(11-12-23)20(26)15-28-2/h3-5,7-8,16,18H,6,9-15H2,1-2H3. The largest absolute Gasteiger partial charge is 0.375 e. The molecule has 0 saturated carbocycles. The van der Waals surface area contributed by atoms with Crippen molar-refractivity contribution in [1.82, 2.24) is 14.7 Å². The third-order valence-corrected chi connectivity index (χ3v) is 5.69. The monoisotopic (exact) mass is 387 g/mol. The van der Waals surface area contributed by atoms with Crippen molar-refractivity contribution in [2.75, 3.05) is 46.4 Å². The molecule has 7 heteroatoms. The zero-order valence-corrected chi connectivity index (χ0v) is 16.7. The van der Waals surface area contributed by atoms with Crippen LogP contribution in [0.15, 0.2) is 30.3 Å². The third kappa shape index (κ3) is 4.52. The van der Waals surface area contributed by atoms with Crippen molar-refractivity contribution in [1.29, 1.82) is 0 Å². The van der Waals surface area contributed by atoms with Crippen LogP contribution in [-0.4, -0.2) is 78.9 Å². The normalized spacial score (nSPS) is 21.6. The topological polar surface area (TPSA) is 70.2 Å². The van der Waals surface area contributed by atoms with Crippen LogP contribution >= 0.6 is 0 Å². The smallest absolute Gasteiger partial charge is 0.248 e. The van der Waals surface area contributed by atoms with E-state index >= 15 is 0 Å². The highest BCUT2D eigenvalue weighted by atomic mass is 16.5. The number of carbonyl (C=O) groups excluding carboxylic acids is 3. The van der Waals surface area contributed by atoms with Gasteiger partial charge in [0.25, 0.3) is 0 Å². The molecule has 2 aliphatic heterocycles. The Bertz CT molecular complexity index is 709. The van der Waals surface area contributed by atoms with Crippen LogP contribution in [0, 0.1) is 5.92 Å². The number of benzene rings is 1. The van der Waals surface area contributed by atoms with Crippen LogP contribution in [0.2, 0.25) is 0 Å². The number of amides is 3. The molecule has 2 unspecified atom stereocenters. The van der Waals surface area contributed by atoms with Crippen molar-refractivity contribution in [2.24, 2.45) is 5.92 Å². The average Bonchev–Trinajstić information content (AvgIpc) is 2.93. The van der Waals surface area contributed by atoms with Crippen LogP contribution in [0.4, 0.5) is 0 Å². The van der Waals surface area contributed by atoms with Gasteiger partial charge < -0.3 is 19.4 Å². The summed E-state index contributed by atoms with van der Waals surface area (Å²) in [7, 11) is 1.50. The Morgan fingerprint density at radius 3 is 2.50 bits per heavy atom. The predicted molar refractivity (Wildman–Crippen MR) is 104 cm³/mol. The summed E-state index contributed by atoms with van der Waals surface area (Å²) in [6.45, 7) is 4.80. The van der Waals surface area contributed by atoms with E-state index in [1.54, 1.807) is 4.90 Å². The van der Waals surface area contributed by atoms with Gasteiger partial charge in [0.15, 0.2) is 0 Å². The lowest BCUT2D eigenvalue weighted by molar-refractivity contribution is -0.137. The molecule has 0 aromatic heterocycles. The van der Waals surface area contributed by atoms with Crippen LogP contribution in [-0.2, 0) is 19.1 Å². The Kier molecular flexibility index (Phi) is 6.67. The summed E-state index contributed by atoms with van der Waals surface area (Å²) in [6.07, 6.45) is 1.00. The highest BCUT2D eigenvalue weighted by Crippen LogP contribution is 2.29. The molecule has 0 spiro atoms. The van der Waals surface area contributed by atoms with Gasteiger partial charge in [-0.3, -0.25) is 14.4 Å². The Morgan fingerprint density at radius 2 is 1.79 bits per heavy atom. The molecule has 0 N–H and O–H groups in total. The van der Waals surface area contributed by atoms with Gasteiger partial charge in [0.1, 0.15) is 6.61 Å². The van der Waals surface area contributed by atoms with Crippen LogP contribution in [0.3, 0.4) is 0 Å². The second kappa shape index (κ2) is 9.19. The molecule has 152 valence electrons. The molecule has 3 rings (SSSR count). The van der Waals surface area contributed by atoms with Crippen molar-refractivity contribution >= 4 is 17.7 Å². The number of hydrogen-bond acceptors (Lipinski definition) is 4. The molecule has 7 nitrogen and oxygen atoms in total. The fourth-order valence-corrected chi connectivity index (χ4v) is 4.04. The average molecular weight is 387 g/mol. The molecule has 0 radical (unpaired) electrons. The zero-order valence-electron chi connectivity index (χ0n) is 16.7. The van der Waals surface area contributed by atoms with Crippen molar-refractivity contribution in [2.45, 2.75) is 25.8 Å². The van der Waals surface area contributed by atoms with E-state index in [2.05, 4.69) is 0 Å². The summed E-state index contributed by atoms with van der Waals surface area (Å²) < 4.78 is 4.92. The number of methoxy groups -OCH3 is 1. The molecular weight excluding hydrogens is 358 g/mol. The number of ether oxygens (including phenoxy) is 1. The van der Waals surface area contributed by atoms with Gasteiger partial charge >= 0.3 is 0 Å². The van der Waals surface area contributed by atoms with Gasteiger partial charge in [-0.25, -0.2) is 0 Å². The minimum atomic E-state index is -0.306. The first-order chi connectivity index (χ1) is 13.5. The molecule has 2 fully saturated rings. The van der Waals surface area contributed by atoms with Gasteiger partial charge in [-0.2, -0.15) is 0 Å². The predicted octanol–water partition coefficient (Wildman–Crippen LogP) is 1.30. The molecule has 0 aliphatic carbocycles. The number of hydrogen-bond donors (Lipinski definition) is 0. The zero-order chi connectivity index (χ0) is 20.1. The van der Waals surface area contributed by atoms with E-state index in [9.17, 15) is 14.4 Å². The molecule has 0 bridgehead atoms. The summed E-state index contributed by atoms with van der Waals surface area (Å²) in [4.78, 5) is 43.0. The third-order valence-electron chi connectivity index (χ3n) is 5.69. The first-order valence-corrected chi connectivity index (χ1v) is 9.91. The fraction of sp³-hybridized carbons (Fsp3) is 0.571. The van der Waals surface area contributed by atoms with E-state index in [0.717, 1.165) is 12.0 Å². The lowest BCUT2D eigenvalue weighted by Gasteiger charge is -2.27. The molecule has 2 aliphatic rings. The van der Waals surface area contributed by atoms with Gasteiger partial charge in [0.05, 0.1) is 12.0 Å². The van der Waals surface area contributed by atoms with Crippen molar-refractivity contribution in [3.05, 3.63) is 35.9 Å². The van der Waals surface area contributed by atoms with E-state index in [1.807, 2.05) is 47.1 Å². The van der Waals surface area contributed by atoms with Gasteiger partial charge in [-0.05, 0) is 18.9 Å². The minimum absolute atomic E-state index is 0.0251. The van der Waals surface area contributed by atoms with Crippen LogP contribution in [0.25, 0.3) is 0 Å². The first-order valence-electron chi connectivity index (χ1n) is 9.91. The van der Waals surface area contributed by atoms with Crippen LogP contribution in [0.5, 0.6) is 0 Å². The highest BCUT2D eigenvalue weighted by Gasteiger charge is 2.39. The van der Waals surface area contributed by atoms with Crippen molar-refractivity contribution in [3.8, 4) is 0 Å². The summed E-state index contributed by atoms with van der Waals surface area (Å²) in [6, 6.07) is 9.85. The number of rotatable bonds is 5. The van der Waals surface area contributed by atoms with Crippen LogP contribution in [0.1, 0.15) is 31.4 Å². The summed E-state index contributed by atoms with van der Waals surface area (Å²) in [5, 5.41) is 0. The number of carbonyl (C=O) groups is 3. The second-order valence-electron chi connectivity index (χ2n) is 7.53. The van der Waals surface area contributed by atoms with Crippen LogP contribution < -0.4 is 0 Å². The van der Waals surface area contributed by atoms with Gasteiger partial charge in [0.2, 0.25) is 17.7 Å². The number of likely N-dealkylation sites (tertiary alicyclic amines) is 1. The lowest BCUT2D eigenvalue weighted by atomic mass is 10.1. The molecule has 2 atom stereocenters. The molecule has 2 heterocycles. The van der Waals surface area contributed by atoms with E-state index < -0.39 is 0 Å². The van der Waals surface area contributed by atoms with E-state index in [-0.39, 0.29) is 42.7 Å². The van der Waals surface area contributed by atoms with Gasteiger partial charge in [0, 0.05) is 46.3 Å². The van der Waals surface area contributed by atoms with Crippen molar-refractivity contribution < 1.29 is 19.1 Å². The fourth-order valence-electron chi connectivity index (χ4n) is 4.04. The Labute approximate surface area is 166 Å². The quantitative estimate of drug-likeness (QED) is 0.764. The molecule has 28 heavy (non-hydrogen) atoms. The molecule has 2 saturated heterocycles. The maximum absolute atomic E-state index is 13.0. The van der Waals surface area contributed by atoms with E-state index in [4.69, 9.17) is 4.74 Å². The Hall–Kier alpha value is -2.41. The van der Waals surface area contributed by atoms with Crippen molar-refractivity contribution in [3.63, 3.8) is 0 Å². The maximum atomic E-state index is 13.0. The number of nitrogens with zero attached hydrogens (tertiary/aromatic N) is 3. The maximum Gasteiger partial charge on any atom is 0.248 e. The molecule has 1 aromatic rings. The van der Waals surface area contributed by atoms with Gasteiger partial charge in [-0.1, -0.05) is 30.3 Å². The lowest BCUT2D eigenvalue weighted by Crippen LogP contribution is -2.41.